The number of rotatable bonds is 4. The molecule has 1 heterocycles. The molecule has 0 spiro atoms. The van der Waals surface area contributed by atoms with Crippen LogP contribution in [0.5, 0.6) is 0 Å². The second kappa shape index (κ2) is 6.78. The Balaban J connectivity index is 1.83. The van der Waals surface area contributed by atoms with E-state index in [0.717, 1.165) is 12.1 Å². The summed E-state index contributed by atoms with van der Waals surface area (Å²) in [4.78, 5) is 4.66. The standard InChI is InChI=1S/C22H23N/c1-16(2)14-18-8-10-19(11-9-18)20-12-13-22(23-15-20)21-7-5-4-6-17(21)3/h4-13,15-16H,14H2,1-3H3. The highest BCUT2D eigenvalue weighted by molar-refractivity contribution is 5.68. The van der Waals surface area contributed by atoms with Crippen LogP contribution in [0.2, 0.25) is 0 Å². The van der Waals surface area contributed by atoms with Gasteiger partial charge in [0.1, 0.15) is 0 Å². The lowest BCUT2D eigenvalue weighted by molar-refractivity contribution is 0.647. The van der Waals surface area contributed by atoms with Crippen molar-refractivity contribution in [2.45, 2.75) is 27.2 Å². The summed E-state index contributed by atoms with van der Waals surface area (Å²) in [5.74, 6) is 0.691. The van der Waals surface area contributed by atoms with Crippen molar-refractivity contribution in [3.05, 3.63) is 78.0 Å². The molecule has 1 aromatic heterocycles. The van der Waals surface area contributed by atoms with Crippen LogP contribution in [0.25, 0.3) is 22.4 Å². The molecule has 0 saturated heterocycles. The van der Waals surface area contributed by atoms with Gasteiger partial charge in [0.25, 0.3) is 0 Å². The average Bonchev–Trinajstić information content (AvgIpc) is 2.56. The molecule has 1 nitrogen and oxygen atoms in total. The summed E-state index contributed by atoms with van der Waals surface area (Å²) >= 11 is 0. The minimum absolute atomic E-state index is 0.691. The molecule has 0 bridgehead atoms. The summed E-state index contributed by atoms with van der Waals surface area (Å²) in [6, 6.07) is 21.5. The lowest BCUT2D eigenvalue weighted by atomic mass is 9.99. The fourth-order valence-corrected chi connectivity index (χ4v) is 2.89. The Morgan fingerprint density at radius 3 is 2.13 bits per heavy atom. The SMILES string of the molecule is Cc1ccccc1-c1ccc(-c2ccc(CC(C)C)cc2)cn1. The third kappa shape index (κ3) is 3.68. The van der Waals surface area contributed by atoms with Gasteiger partial charge in [0.2, 0.25) is 0 Å². The normalized spacial score (nSPS) is 11.0. The van der Waals surface area contributed by atoms with Crippen LogP contribution >= 0.6 is 0 Å². The van der Waals surface area contributed by atoms with Gasteiger partial charge in [-0.1, -0.05) is 68.4 Å². The maximum absolute atomic E-state index is 4.66. The van der Waals surface area contributed by atoms with E-state index in [1.165, 1.54) is 27.8 Å². The summed E-state index contributed by atoms with van der Waals surface area (Å²) < 4.78 is 0. The Kier molecular flexibility index (Phi) is 4.57. The molecule has 2 aromatic carbocycles. The molecule has 0 fully saturated rings. The van der Waals surface area contributed by atoms with Crippen LogP contribution in [-0.4, -0.2) is 4.98 Å². The number of nitrogens with zero attached hydrogens (tertiary/aromatic N) is 1. The van der Waals surface area contributed by atoms with Crippen molar-refractivity contribution < 1.29 is 0 Å². The molecular formula is C22H23N. The average molecular weight is 301 g/mol. The van der Waals surface area contributed by atoms with Gasteiger partial charge in [-0.3, -0.25) is 4.98 Å². The lowest BCUT2D eigenvalue weighted by Crippen LogP contribution is -1.93. The van der Waals surface area contributed by atoms with Gasteiger partial charge in [0, 0.05) is 17.3 Å². The van der Waals surface area contributed by atoms with E-state index in [2.05, 4.69) is 86.4 Å². The van der Waals surface area contributed by atoms with E-state index in [0.29, 0.717) is 5.92 Å². The van der Waals surface area contributed by atoms with Gasteiger partial charge in [-0.2, -0.15) is 0 Å². The van der Waals surface area contributed by atoms with Gasteiger partial charge >= 0.3 is 0 Å². The van der Waals surface area contributed by atoms with Gasteiger partial charge in [0.15, 0.2) is 0 Å². The van der Waals surface area contributed by atoms with Crippen molar-refractivity contribution >= 4 is 0 Å². The zero-order chi connectivity index (χ0) is 16.2. The summed E-state index contributed by atoms with van der Waals surface area (Å²) in [6.07, 6.45) is 3.10. The van der Waals surface area contributed by atoms with E-state index in [1.54, 1.807) is 0 Å². The van der Waals surface area contributed by atoms with Crippen LogP contribution in [0.4, 0.5) is 0 Å². The Bertz CT molecular complexity index is 768. The van der Waals surface area contributed by atoms with E-state index in [-0.39, 0.29) is 0 Å². The monoisotopic (exact) mass is 301 g/mol. The summed E-state index contributed by atoms with van der Waals surface area (Å²) in [5, 5.41) is 0. The van der Waals surface area contributed by atoms with Crippen LogP contribution < -0.4 is 0 Å². The van der Waals surface area contributed by atoms with Crippen molar-refractivity contribution in [3.8, 4) is 22.4 Å². The molecule has 23 heavy (non-hydrogen) atoms. The topological polar surface area (TPSA) is 12.9 Å². The second-order valence-electron chi connectivity index (χ2n) is 6.54. The highest BCUT2D eigenvalue weighted by Crippen LogP contribution is 2.25. The maximum Gasteiger partial charge on any atom is 0.0705 e. The number of aromatic nitrogens is 1. The molecular weight excluding hydrogens is 278 g/mol. The highest BCUT2D eigenvalue weighted by Gasteiger charge is 2.04. The van der Waals surface area contributed by atoms with Gasteiger partial charge in [-0.15, -0.1) is 0 Å². The molecule has 0 aliphatic carbocycles. The molecule has 0 saturated carbocycles. The van der Waals surface area contributed by atoms with E-state index >= 15 is 0 Å². The molecule has 0 amide bonds. The summed E-state index contributed by atoms with van der Waals surface area (Å²) in [5.41, 5.74) is 7.27. The zero-order valence-electron chi connectivity index (χ0n) is 14.1. The van der Waals surface area contributed by atoms with Crippen LogP contribution in [-0.2, 0) is 6.42 Å². The molecule has 1 heteroatoms. The van der Waals surface area contributed by atoms with Gasteiger partial charge in [0.05, 0.1) is 5.69 Å². The molecule has 0 aliphatic heterocycles. The number of hydrogen-bond donors (Lipinski definition) is 0. The predicted molar refractivity (Wildman–Crippen MR) is 98.4 cm³/mol. The smallest absolute Gasteiger partial charge is 0.0705 e. The van der Waals surface area contributed by atoms with E-state index < -0.39 is 0 Å². The van der Waals surface area contributed by atoms with Crippen LogP contribution in [0.15, 0.2) is 66.9 Å². The first-order valence-electron chi connectivity index (χ1n) is 8.25. The molecule has 3 rings (SSSR count). The Morgan fingerprint density at radius 1 is 0.826 bits per heavy atom. The third-order valence-electron chi connectivity index (χ3n) is 4.12. The first-order valence-corrected chi connectivity index (χ1v) is 8.25. The largest absolute Gasteiger partial charge is 0.256 e. The molecule has 0 aliphatic rings. The van der Waals surface area contributed by atoms with Crippen molar-refractivity contribution in [2.75, 3.05) is 0 Å². The van der Waals surface area contributed by atoms with Crippen molar-refractivity contribution in [2.24, 2.45) is 5.92 Å². The van der Waals surface area contributed by atoms with E-state index in [9.17, 15) is 0 Å². The molecule has 0 unspecified atom stereocenters. The van der Waals surface area contributed by atoms with Crippen molar-refractivity contribution in [3.63, 3.8) is 0 Å². The maximum atomic E-state index is 4.66. The Labute approximate surface area is 139 Å². The lowest BCUT2D eigenvalue weighted by Gasteiger charge is -2.08. The fourth-order valence-electron chi connectivity index (χ4n) is 2.89. The summed E-state index contributed by atoms with van der Waals surface area (Å²) in [6.45, 7) is 6.63. The number of hydrogen-bond acceptors (Lipinski definition) is 1. The molecule has 0 atom stereocenters. The first kappa shape index (κ1) is 15.5. The number of aryl methyl sites for hydroxylation is 1. The van der Waals surface area contributed by atoms with Crippen molar-refractivity contribution in [1.29, 1.82) is 0 Å². The zero-order valence-corrected chi connectivity index (χ0v) is 14.1. The molecule has 0 radical (unpaired) electrons. The number of benzene rings is 2. The highest BCUT2D eigenvalue weighted by atomic mass is 14.7. The molecule has 0 N–H and O–H groups in total. The van der Waals surface area contributed by atoms with Crippen LogP contribution in [0.1, 0.15) is 25.0 Å². The fraction of sp³-hybridized carbons (Fsp3) is 0.227. The quantitative estimate of drug-likeness (QED) is 0.582. The minimum atomic E-state index is 0.691. The third-order valence-corrected chi connectivity index (χ3v) is 4.12. The van der Waals surface area contributed by atoms with E-state index in [1.807, 2.05) is 6.20 Å². The predicted octanol–water partition coefficient (Wildman–Crippen LogP) is 5.92. The molecule has 3 aromatic rings. The van der Waals surface area contributed by atoms with Crippen LogP contribution in [0, 0.1) is 12.8 Å². The van der Waals surface area contributed by atoms with Gasteiger partial charge < -0.3 is 0 Å². The summed E-state index contributed by atoms with van der Waals surface area (Å²) in [7, 11) is 0. The van der Waals surface area contributed by atoms with Gasteiger partial charge in [-0.25, -0.2) is 0 Å². The van der Waals surface area contributed by atoms with Crippen molar-refractivity contribution in [1.82, 2.24) is 4.98 Å². The first-order chi connectivity index (χ1) is 11.1. The Hall–Kier alpha value is -2.41. The number of pyridine rings is 1. The minimum Gasteiger partial charge on any atom is -0.256 e. The molecule has 116 valence electrons. The van der Waals surface area contributed by atoms with Crippen LogP contribution in [0.3, 0.4) is 0 Å². The van der Waals surface area contributed by atoms with Gasteiger partial charge in [-0.05, 0) is 42.0 Å². The van der Waals surface area contributed by atoms with E-state index in [4.69, 9.17) is 0 Å². The Morgan fingerprint density at radius 2 is 1.52 bits per heavy atom. The second-order valence-corrected chi connectivity index (χ2v) is 6.54.